The van der Waals surface area contributed by atoms with Crippen LogP contribution in [0.5, 0.6) is 5.75 Å². The molecule has 1 aromatic heterocycles. The average Bonchev–Trinajstić information content (AvgIpc) is 2.71. The van der Waals surface area contributed by atoms with E-state index in [1.165, 1.54) is 11.6 Å². The molecule has 0 atom stereocenters. The minimum atomic E-state index is -0.411. The largest absolute Gasteiger partial charge is 0.489 e. The summed E-state index contributed by atoms with van der Waals surface area (Å²) in [5, 5.41) is 0. The van der Waals surface area contributed by atoms with Gasteiger partial charge in [0.25, 0.3) is 5.91 Å². The highest BCUT2D eigenvalue weighted by atomic mass is 19.1. The van der Waals surface area contributed by atoms with Gasteiger partial charge in [0.15, 0.2) is 11.6 Å². The van der Waals surface area contributed by atoms with Crippen LogP contribution < -0.4 is 4.74 Å². The first-order valence-electron chi connectivity index (χ1n) is 9.32. The van der Waals surface area contributed by atoms with Crippen molar-refractivity contribution >= 4 is 5.91 Å². The van der Waals surface area contributed by atoms with Gasteiger partial charge < -0.3 is 14.4 Å². The van der Waals surface area contributed by atoms with Gasteiger partial charge in [-0.2, -0.15) is 0 Å². The zero-order valence-corrected chi connectivity index (χ0v) is 15.6. The summed E-state index contributed by atoms with van der Waals surface area (Å²) >= 11 is 0. The first kappa shape index (κ1) is 19.3. The number of hydrogen-bond donors (Lipinski definition) is 0. The molecular weight excluding hydrogens is 347 g/mol. The number of methoxy groups -OCH3 is 1. The number of para-hydroxylation sites is 1. The fraction of sp³-hybridized carbons (Fsp3) is 0.429. The van der Waals surface area contributed by atoms with Crippen LogP contribution in [0.4, 0.5) is 4.39 Å². The molecule has 0 unspecified atom stereocenters. The number of amides is 1. The molecule has 0 saturated heterocycles. The highest BCUT2D eigenvalue weighted by Crippen LogP contribution is 2.21. The Kier molecular flexibility index (Phi) is 6.76. The van der Waals surface area contributed by atoms with Crippen molar-refractivity contribution in [1.82, 2.24) is 9.88 Å². The van der Waals surface area contributed by atoms with Gasteiger partial charge in [0, 0.05) is 25.5 Å². The monoisotopic (exact) mass is 372 g/mol. The summed E-state index contributed by atoms with van der Waals surface area (Å²) < 4.78 is 24.3. The number of carbonyl (C=O) groups excluding carboxylic acids is 1. The van der Waals surface area contributed by atoms with E-state index in [2.05, 4.69) is 4.98 Å². The molecule has 5 nitrogen and oxygen atoms in total. The van der Waals surface area contributed by atoms with Crippen LogP contribution in [0.25, 0.3) is 0 Å². The Bertz CT molecular complexity index is 782. The lowest BCUT2D eigenvalue weighted by molar-refractivity contribution is 0.0664. The number of hydrogen-bond acceptors (Lipinski definition) is 4. The van der Waals surface area contributed by atoms with Gasteiger partial charge in [-0.1, -0.05) is 12.1 Å². The number of pyridine rings is 1. The number of rotatable bonds is 8. The summed E-state index contributed by atoms with van der Waals surface area (Å²) in [6.07, 6.45) is 5.90. The molecule has 0 fully saturated rings. The molecule has 1 aliphatic carbocycles. The third kappa shape index (κ3) is 5.04. The predicted molar refractivity (Wildman–Crippen MR) is 101 cm³/mol. The number of ether oxygens (including phenoxy) is 2. The summed E-state index contributed by atoms with van der Waals surface area (Å²) in [6.45, 7) is 1.40. The van der Waals surface area contributed by atoms with E-state index in [0.29, 0.717) is 25.3 Å². The van der Waals surface area contributed by atoms with Crippen molar-refractivity contribution in [2.24, 2.45) is 0 Å². The van der Waals surface area contributed by atoms with Crippen molar-refractivity contribution in [3.8, 4) is 5.75 Å². The van der Waals surface area contributed by atoms with Crippen LogP contribution in [0.15, 0.2) is 36.5 Å². The Morgan fingerprint density at radius 3 is 2.78 bits per heavy atom. The summed E-state index contributed by atoms with van der Waals surface area (Å²) in [4.78, 5) is 19.1. The molecule has 144 valence electrons. The SMILES string of the molecule is COCCN(CCOc1ccccc1F)C(=O)c1cnc2c(c1)CCCC2. The summed E-state index contributed by atoms with van der Waals surface area (Å²) in [5.74, 6) is -0.330. The Balaban J connectivity index is 1.66. The number of aromatic nitrogens is 1. The zero-order chi connectivity index (χ0) is 19.1. The van der Waals surface area contributed by atoms with Gasteiger partial charge >= 0.3 is 0 Å². The van der Waals surface area contributed by atoms with Gasteiger partial charge in [-0.3, -0.25) is 9.78 Å². The number of carbonyl (C=O) groups is 1. The maximum atomic E-state index is 13.7. The average molecular weight is 372 g/mol. The summed E-state index contributed by atoms with van der Waals surface area (Å²) in [6, 6.07) is 8.21. The van der Waals surface area contributed by atoms with E-state index in [1.54, 1.807) is 36.4 Å². The van der Waals surface area contributed by atoms with Crippen LogP contribution in [-0.2, 0) is 17.6 Å². The minimum absolute atomic E-state index is 0.106. The van der Waals surface area contributed by atoms with Crippen molar-refractivity contribution in [3.05, 3.63) is 59.2 Å². The van der Waals surface area contributed by atoms with Crippen molar-refractivity contribution in [1.29, 1.82) is 0 Å². The lowest BCUT2D eigenvalue weighted by atomic mass is 9.95. The first-order valence-corrected chi connectivity index (χ1v) is 9.32. The maximum Gasteiger partial charge on any atom is 0.255 e. The molecule has 27 heavy (non-hydrogen) atoms. The molecule has 1 aromatic carbocycles. The van der Waals surface area contributed by atoms with Gasteiger partial charge in [0.1, 0.15) is 6.61 Å². The quantitative estimate of drug-likeness (QED) is 0.714. The van der Waals surface area contributed by atoms with Crippen molar-refractivity contribution in [2.75, 3.05) is 33.4 Å². The van der Waals surface area contributed by atoms with E-state index < -0.39 is 5.82 Å². The van der Waals surface area contributed by atoms with Crippen LogP contribution in [0.3, 0.4) is 0 Å². The van der Waals surface area contributed by atoms with Gasteiger partial charge in [-0.05, 0) is 49.4 Å². The third-order valence-electron chi connectivity index (χ3n) is 4.72. The van der Waals surface area contributed by atoms with Crippen LogP contribution in [0.1, 0.15) is 34.5 Å². The second kappa shape index (κ2) is 9.46. The highest BCUT2D eigenvalue weighted by molar-refractivity contribution is 5.94. The molecule has 6 heteroatoms. The second-order valence-corrected chi connectivity index (χ2v) is 6.60. The molecule has 1 aliphatic rings. The molecule has 1 amide bonds. The molecular formula is C21H25FN2O3. The van der Waals surface area contributed by atoms with Gasteiger partial charge in [0.2, 0.25) is 0 Å². The lowest BCUT2D eigenvalue weighted by Crippen LogP contribution is -2.37. The molecule has 0 spiro atoms. The molecule has 0 bridgehead atoms. The minimum Gasteiger partial charge on any atom is -0.489 e. The van der Waals surface area contributed by atoms with E-state index in [9.17, 15) is 9.18 Å². The summed E-state index contributed by atoms with van der Waals surface area (Å²) in [5.41, 5.74) is 2.85. The standard InChI is InChI=1S/C21H25FN2O3/c1-26-12-10-24(11-13-27-20-9-5-3-7-18(20)22)21(25)17-14-16-6-2-4-8-19(16)23-15-17/h3,5,7,9,14-15H,2,4,6,8,10-13H2,1H3. The Morgan fingerprint density at radius 2 is 1.96 bits per heavy atom. The molecule has 1 heterocycles. The van der Waals surface area contributed by atoms with E-state index >= 15 is 0 Å². The predicted octanol–water partition coefficient (Wildman–Crippen LogP) is 3.27. The smallest absolute Gasteiger partial charge is 0.255 e. The lowest BCUT2D eigenvalue weighted by Gasteiger charge is -2.23. The van der Waals surface area contributed by atoms with Crippen LogP contribution >= 0.6 is 0 Å². The normalized spacial score (nSPS) is 13.1. The number of nitrogens with zero attached hydrogens (tertiary/aromatic N) is 2. The molecule has 0 radical (unpaired) electrons. The Labute approximate surface area is 159 Å². The zero-order valence-electron chi connectivity index (χ0n) is 15.6. The summed E-state index contributed by atoms with van der Waals surface area (Å²) in [7, 11) is 1.60. The van der Waals surface area contributed by atoms with Crippen LogP contribution in [-0.4, -0.2) is 49.2 Å². The third-order valence-corrected chi connectivity index (χ3v) is 4.72. The topological polar surface area (TPSA) is 51.7 Å². The molecule has 3 rings (SSSR count). The maximum absolute atomic E-state index is 13.7. The van der Waals surface area contributed by atoms with Gasteiger partial charge in [-0.15, -0.1) is 0 Å². The fourth-order valence-corrected chi connectivity index (χ4v) is 3.23. The van der Waals surface area contributed by atoms with E-state index in [1.807, 2.05) is 6.07 Å². The number of aryl methyl sites for hydroxylation is 2. The van der Waals surface area contributed by atoms with Crippen molar-refractivity contribution in [2.45, 2.75) is 25.7 Å². The molecule has 2 aromatic rings. The number of halogens is 1. The van der Waals surface area contributed by atoms with Crippen LogP contribution in [0.2, 0.25) is 0 Å². The fourth-order valence-electron chi connectivity index (χ4n) is 3.23. The van der Waals surface area contributed by atoms with Crippen molar-refractivity contribution in [3.63, 3.8) is 0 Å². The second-order valence-electron chi connectivity index (χ2n) is 6.60. The Hall–Kier alpha value is -2.47. The van der Waals surface area contributed by atoms with Crippen molar-refractivity contribution < 1.29 is 18.7 Å². The van der Waals surface area contributed by atoms with Gasteiger partial charge in [-0.25, -0.2) is 4.39 Å². The van der Waals surface area contributed by atoms with E-state index in [-0.39, 0.29) is 18.3 Å². The molecule has 0 N–H and O–H groups in total. The first-order chi connectivity index (χ1) is 13.2. The number of fused-ring (bicyclic) bond motifs is 1. The number of benzene rings is 1. The molecule has 0 saturated carbocycles. The van der Waals surface area contributed by atoms with E-state index in [4.69, 9.17) is 9.47 Å². The van der Waals surface area contributed by atoms with E-state index in [0.717, 1.165) is 31.4 Å². The van der Waals surface area contributed by atoms with Gasteiger partial charge in [0.05, 0.1) is 18.7 Å². The molecule has 0 aliphatic heterocycles. The Morgan fingerprint density at radius 1 is 1.19 bits per heavy atom. The highest BCUT2D eigenvalue weighted by Gasteiger charge is 2.19. The van der Waals surface area contributed by atoms with Crippen LogP contribution in [0, 0.1) is 5.82 Å².